The van der Waals surface area contributed by atoms with Crippen molar-refractivity contribution in [2.45, 2.75) is 17.9 Å². The Morgan fingerprint density at radius 1 is 1.26 bits per heavy atom. The van der Waals surface area contributed by atoms with Crippen LogP contribution in [-0.2, 0) is 23.0 Å². The van der Waals surface area contributed by atoms with Gasteiger partial charge in [-0.15, -0.1) is 0 Å². The van der Waals surface area contributed by atoms with Crippen LogP contribution in [0.5, 0.6) is 0 Å². The summed E-state index contributed by atoms with van der Waals surface area (Å²) in [7, 11) is -3.54. The van der Waals surface area contributed by atoms with Crippen molar-refractivity contribution in [2.75, 3.05) is 0 Å². The van der Waals surface area contributed by atoms with Crippen molar-refractivity contribution in [2.24, 2.45) is 0 Å². The fraction of sp³-hybridized carbons (Fsp3) is 0.167. The number of nitrogens with zero attached hydrogens (tertiary/aromatic N) is 2. The van der Waals surface area contributed by atoms with E-state index in [-0.39, 0.29) is 17.9 Å². The molecule has 0 aliphatic rings. The fourth-order valence-electron chi connectivity index (χ4n) is 1.51. The van der Waals surface area contributed by atoms with Gasteiger partial charge in [-0.05, 0) is 17.7 Å². The van der Waals surface area contributed by atoms with Crippen LogP contribution in [0.3, 0.4) is 0 Å². The number of sulfonamides is 1. The first kappa shape index (κ1) is 13.3. The summed E-state index contributed by atoms with van der Waals surface area (Å²) in [6.45, 7) is 0.179. The van der Waals surface area contributed by atoms with Gasteiger partial charge >= 0.3 is 0 Å². The lowest BCUT2D eigenvalue weighted by Crippen LogP contribution is -2.23. The van der Waals surface area contributed by atoms with Crippen LogP contribution in [0.1, 0.15) is 11.1 Å². The van der Waals surface area contributed by atoms with Gasteiger partial charge in [0.05, 0.1) is 23.6 Å². The van der Waals surface area contributed by atoms with Crippen molar-refractivity contribution in [1.29, 1.82) is 5.26 Å². The highest BCUT2D eigenvalue weighted by molar-refractivity contribution is 7.89. The van der Waals surface area contributed by atoms with Crippen LogP contribution in [0.15, 0.2) is 41.6 Å². The maximum absolute atomic E-state index is 12.0. The van der Waals surface area contributed by atoms with Crippen molar-refractivity contribution >= 4 is 10.0 Å². The Morgan fingerprint density at radius 3 is 2.58 bits per heavy atom. The third-order valence-corrected chi connectivity index (χ3v) is 3.96. The van der Waals surface area contributed by atoms with E-state index in [9.17, 15) is 8.42 Å². The van der Waals surface area contributed by atoms with Crippen LogP contribution in [0, 0.1) is 11.3 Å². The molecule has 0 saturated heterocycles. The van der Waals surface area contributed by atoms with E-state index in [0.717, 1.165) is 11.1 Å². The highest BCUT2D eigenvalue weighted by atomic mass is 32.2. The molecule has 0 radical (unpaired) electrons. The summed E-state index contributed by atoms with van der Waals surface area (Å²) in [6.07, 6.45) is 3.44. The summed E-state index contributed by atoms with van der Waals surface area (Å²) in [5.41, 5.74) is 1.54. The summed E-state index contributed by atoms with van der Waals surface area (Å²) in [6, 6.07) is 8.26. The monoisotopic (exact) mass is 276 g/mol. The summed E-state index contributed by atoms with van der Waals surface area (Å²) < 4.78 is 26.5. The van der Waals surface area contributed by atoms with Crippen LogP contribution >= 0.6 is 0 Å². The molecule has 98 valence electrons. The van der Waals surface area contributed by atoms with Crippen LogP contribution in [0.2, 0.25) is 0 Å². The van der Waals surface area contributed by atoms with Crippen molar-refractivity contribution in [3.63, 3.8) is 0 Å². The number of hydrogen-bond acceptors (Lipinski definition) is 4. The second-order valence-corrected chi connectivity index (χ2v) is 5.68. The number of aromatic nitrogens is 2. The van der Waals surface area contributed by atoms with E-state index in [1.807, 2.05) is 6.07 Å². The molecule has 1 aromatic heterocycles. The minimum Gasteiger partial charge on any atom is -0.285 e. The van der Waals surface area contributed by atoms with E-state index in [0.29, 0.717) is 0 Å². The zero-order chi connectivity index (χ0) is 13.7. The molecule has 0 aliphatic heterocycles. The summed E-state index contributed by atoms with van der Waals surface area (Å²) in [5, 5.41) is 14.9. The molecule has 6 nitrogen and oxygen atoms in total. The lowest BCUT2D eigenvalue weighted by Gasteiger charge is -2.06. The topological polar surface area (TPSA) is 98.6 Å². The number of hydrogen-bond donors (Lipinski definition) is 2. The zero-order valence-corrected chi connectivity index (χ0v) is 10.8. The first-order valence-electron chi connectivity index (χ1n) is 5.55. The van der Waals surface area contributed by atoms with Gasteiger partial charge in [0, 0.05) is 18.3 Å². The molecule has 7 heteroatoms. The lowest BCUT2D eigenvalue weighted by molar-refractivity contribution is 0.581. The van der Waals surface area contributed by atoms with E-state index >= 15 is 0 Å². The number of rotatable bonds is 5. The van der Waals surface area contributed by atoms with Gasteiger partial charge in [0.2, 0.25) is 10.0 Å². The molecule has 1 heterocycles. The van der Waals surface area contributed by atoms with E-state index < -0.39 is 10.0 Å². The van der Waals surface area contributed by atoms with Crippen molar-refractivity contribution in [3.8, 4) is 6.07 Å². The number of nitriles is 1. The fourth-order valence-corrected chi connectivity index (χ4v) is 2.53. The smallest absolute Gasteiger partial charge is 0.240 e. The quantitative estimate of drug-likeness (QED) is 0.849. The van der Waals surface area contributed by atoms with E-state index in [1.54, 1.807) is 24.5 Å². The minimum absolute atomic E-state index is 0.178. The Morgan fingerprint density at radius 2 is 2.00 bits per heavy atom. The standard InChI is InChI=1S/C12H12N4O2S/c13-6-5-10-1-3-12(4-2-10)19(17,18)16-9-11-7-14-15-8-11/h1-4,7-8,16H,5,9H2,(H,14,15). The highest BCUT2D eigenvalue weighted by Gasteiger charge is 2.13. The molecule has 1 aromatic carbocycles. The number of benzene rings is 1. The van der Waals surface area contributed by atoms with Gasteiger partial charge in [-0.1, -0.05) is 12.1 Å². The van der Waals surface area contributed by atoms with Gasteiger partial charge in [0.15, 0.2) is 0 Å². The third-order valence-electron chi connectivity index (χ3n) is 2.54. The number of aromatic amines is 1. The second-order valence-electron chi connectivity index (χ2n) is 3.91. The minimum atomic E-state index is -3.54. The highest BCUT2D eigenvalue weighted by Crippen LogP contribution is 2.11. The maximum Gasteiger partial charge on any atom is 0.240 e. The van der Waals surface area contributed by atoms with Gasteiger partial charge in [0.1, 0.15) is 0 Å². The molecule has 0 spiro atoms. The Hall–Kier alpha value is -2.17. The maximum atomic E-state index is 12.0. The second kappa shape index (κ2) is 5.65. The van der Waals surface area contributed by atoms with Crippen molar-refractivity contribution in [1.82, 2.24) is 14.9 Å². The average molecular weight is 276 g/mol. The molecular weight excluding hydrogens is 264 g/mol. The largest absolute Gasteiger partial charge is 0.285 e. The van der Waals surface area contributed by atoms with Crippen LogP contribution in [0.25, 0.3) is 0 Å². The average Bonchev–Trinajstić information content (AvgIpc) is 2.91. The van der Waals surface area contributed by atoms with Crippen molar-refractivity contribution < 1.29 is 8.42 Å². The van der Waals surface area contributed by atoms with Gasteiger partial charge in [-0.3, -0.25) is 5.10 Å². The Labute approximate surface area is 111 Å². The van der Waals surface area contributed by atoms with E-state index in [1.165, 1.54) is 12.1 Å². The molecular formula is C12H12N4O2S. The van der Waals surface area contributed by atoms with Gasteiger partial charge in [-0.25, -0.2) is 13.1 Å². The normalized spacial score (nSPS) is 11.1. The van der Waals surface area contributed by atoms with Crippen LogP contribution in [0.4, 0.5) is 0 Å². The molecule has 0 atom stereocenters. The Balaban J connectivity index is 2.09. The SMILES string of the molecule is N#CCc1ccc(S(=O)(=O)NCc2cn[nH]c2)cc1. The van der Waals surface area contributed by atoms with E-state index in [2.05, 4.69) is 14.9 Å². The number of nitrogens with one attached hydrogen (secondary N) is 2. The third kappa shape index (κ3) is 3.40. The molecule has 0 unspecified atom stereocenters. The Bertz CT molecular complexity index is 670. The molecule has 0 fully saturated rings. The summed E-state index contributed by atoms with van der Waals surface area (Å²) >= 11 is 0. The molecule has 2 N–H and O–H groups in total. The van der Waals surface area contributed by atoms with Crippen molar-refractivity contribution in [3.05, 3.63) is 47.8 Å². The molecule has 2 aromatic rings. The number of H-pyrrole nitrogens is 1. The molecule has 19 heavy (non-hydrogen) atoms. The molecule has 0 bridgehead atoms. The summed E-state index contributed by atoms with van der Waals surface area (Å²) in [4.78, 5) is 0.178. The summed E-state index contributed by atoms with van der Waals surface area (Å²) in [5.74, 6) is 0. The predicted octanol–water partition coefficient (Wildman–Crippen LogP) is 0.954. The van der Waals surface area contributed by atoms with Gasteiger partial charge < -0.3 is 0 Å². The Kier molecular flexibility index (Phi) is 3.94. The van der Waals surface area contributed by atoms with Gasteiger partial charge in [0.25, 0.3) is 0 Å². The first-order chi connectivity index (χ1) is 9.12. The van der Waals surface area contributed by atoms with Crippen LogP contribution < -0.4 is 4.72 Å². The lowest BCUT2D eigenvalue weighted by atomic mass is 10.2. The van der Waals surface area contributed by atoms with E-state index in [4.69, 9.17) is 5.26 Å². The molecule has 0 saturated carbocycles. The molecule has 0 aliphatic carbocycles. The molecule has 2 rings (SSSR count). The zero-order valence-electron chi connectivity index (χ0n) is 10.00. The predicted molar refractivity (Wildman–Crippen MR) is 68.4 cm³/mol. The van der Waals surface area contributed by atoms with Gasteiger partial charge in [-0.2, -0.15) is 10.4 Å². The molecule has 0 amide bonds. The van der Waals surface area contributed by atoms with Crippen LogP contribution in [-0.4, -0.2) is 18.6 Å². The first-order valence-corrected chi connectivity index (χ1v) is 7.03.